The molecule has 0 aromatic heterocycles. The van der Waals surface area contributed by atoms with E-state index in [1.807, 2.05) is 19.0 Å². The van der Waals surface area contributed by atoms with E-state index in [0.29, 0.717) is 38.3 Å². The van der Waals surface area contributed by atoms with Gasteiger partial charge in [0.2, 0.25) is 0 Å². The number of amides is 1. The molecule has 0 bridgehead atoms. The first-order valence-electron chi connectivity index (χ1n) is 8.96. The largest absolute Gasteiger partial charge is 0.508 e. The minimum absolute atomic E-state index is 0.0769. The highest BCUT2D eigenvalue weighted by atomic mass is 16.5. The molecule has 150 valence electrons. The fourth-order valence-corrected chi connectivity index (χ4v) is 3.18. The molecule has 0 saturated carbocycles. The van der Waals surface area contributed by atoms with Crippen LogP contribution in [0.2, 0.25) is 0 Å². The first-order chi connectivity index (χ1) is 12.8. The Bertz CT molecular complexity index is 664. The number of methoxy groups -OCH3 is 1. The fourth-order valence-electron chi connectivity index (χ4n) is 3.18. The Labute approximate surface area is 159 Å². The van der Waals surface area contributed by atoms with Crippen LogP contribution in [-0.4, -0.2) is 85.4 Å². The van der Waals surface area contributed by atoms with Crippen molar-refractivity contribution in [2.45, 2.75) is 18.9 Å². The number of likely N-dealkylation sites (tertiary alicyclic amines) is 1. The van der Waals surface area contributed by atoms with Crippen molar-refractivity contribution >= 4 is 11.9 Å². The van der Waals surface area contributed by atoms with Gasteiger partial charge in [-0.3, -0.25) is 9.59 Å². The number of hydrogen-bond acceptors (Lipinski definition) is 6. The molecule has 1 fully saturated rings. The zero-order valence-electron chi connectivity index (χ0n) is 16.1. The smallest absolute Gasteiger partial charge is 0.308 e. The van der Waals surface area contributed by atoms with Crippen molar-refractivity contribution < 1.29 is 29.3 Å². The molecule has 0 aliphatic carbocycles. The van der Waals surface area contributed by atoms with Crippen LogP contribution >= 0.6 is 0 Å². The molecular formula is C19H28N2O6. The van der Waals surface area contributed by atoms with Gasteiger partial charge in [-0.15, -0.1) is 0 Å². The van der Waals surface area contributed by atoms with Crippen LogP contribution in [0.4, 0.5) is 0 Å². The second-order valence-electron chi connectivity index (χ2n) is 7.00. The Morgan fingerprint density at radius 1 is 1.19 bits per heavy atom. The molecule has 0 unspecified atom stereocenters. The highest BCUT2D eigenvalue weighted by Gasteiger charge is 2.32. The second-order valence-corrected chi connectivity index (χ2v) is 7.00. The summed E-state index contributed by atoms with van der Waals surface area (Å²) in [7, 11) is 5.40. The lowest BCUT2D eigenvalue weighted by molar-refractivity contribution is -0.142. The lowest BCUT2D eigenvalue weighted by atomic mass is 10.0. The maximum atomic E-state index is 13.0. The molecular weight excluding hydrogens is 352 g/mol. The predicted octanol–water partition coefficient (Wildman–Crippen LogP) is 1.28. The molecule has 1 aliphatic rings. The van der Waals surface area contributed by atoms with Gasteiger partial charge in [0.05, 0.1) is 12.5 Å². The zero-order chi connectivity index (χ0) is 20.0. The van der Waals surface area contributed by atoms with Crippen LogP contribution in [-0.2, 0) is 9.53 Å². The van der Waals surface area contributed by atoms with Crippen molar-refractivity contribution in [2.75, 3.05) is 47.5 Å². The number of carbonyl (C=O) groups excluding carboxylic acids is 1. The van der Waals surface area contributed by atoms with Gasteiger partial charge < -0.3 is 29.5 Å². The van der Waals surface area contributed by atoms with Crippen molar-refractivity contribution in [3.8, 4) is 11.5 Å². The standard InChI is InChI=1S/C19H28N2O6/c1-20(2)15-5-4-13(19(24)25)11-21(12-15)18(23)14-8-16(22)10-17(9-14)27-7-6-26-3/h8-10,13,15,22H,4-7,11-12H2,1-3H3,(H,24,25)/t13-,15+/m0/s1. The molecule has 2 rings (SSSR count). The van der Waals surface area contributed by atoms with Crippen molar-refractivity contribution in [3.05, 3.63) is 23.8 Å². The average Bonchev–Trinajstić information content (AvgIpc) is 2.84. The monoisotopic (exact) mass is 380 g/mol. The summed E-state index contributed by atoms with van der Waals surface area (Å²) in [6.07, 6.45) is 1.23. The predicted molar refractivity (Wildman–Crippen MR) is 99.2 cm³/mol. The van der Waals surface area contributed by atoms with Crippen molar-refractivity contribution in [2.24, 2.45) is 5.92 Å². The molecule has 1 amide bonds. The van der Waals surface area contributed by atoms with Gasteiger partial charge in [0.1, 0.15) is 18.1 Å². The molecule has 1 saturated heterocycles. The molecule has 1 aromatic rings. The number of benzene rings is 1. The van der Waals surface area contributed by atoms with E-state index in [1.54, 1.807) is 18.1 Å². The highest BCUT2D eigenvalue weighted by molar-refractivity contribution is 5.95. The number of carbonyl (C=O) groups is 2. The summed E-state index contributed by atoms with van der Waals surface area (Å²) in [5, 5.41) is 19.4. The van der Waals surface area contributed by atoms with Gasteiger partial charge in [-0.1, -0.05) is 0 Å². The average molecular weight is 380 g/mol. The van der Waals surface area contributed by atoms with Crippen LogP contribution in [0.25, 0.3) is 0 Å². The second kappa shape index (κ2) is 9.57. The van der Waals surface area contributed by atoms with E-state index in [1.165, 1.54) is 12.1 Å². The zero-order valence-corrected chi connectivity index (χ0v) is 16.1. The lowest BCUT2D eigenvalue weighted by Gasteiger charge is -2.29. The van der Waals surface area contributed by atoms with Crippen LogP contribution in [0.1, 0.15) is 23.2 Å². The first kappa shape index (κ1) is 21.0. The quantitative estimate of drug-likeness (QED) is 0.688. The molecule has 8 nitrogen and oxygen atoms in total. The number of hydrogen-bond donors (Lipinski definition) is 2. The van der Waals surface area contributed by atoms with Gasteiger partial charge in [-0.05, 0) is 39.1 Å². The third-order valence-corrected chi connectivity index (χ3v) is 4.78. The van der Waals surface area contributed by atoms with Crippen LogP contribution in [0.5, 0.6) is 11.5 Å². The summed E-state index contributed by atoms with van der Waals surface area (Å²) >= 11 is 0. The number of ether oxygens (including phenoxy) is 2. The summed E-state index contributed by atoms with van der Waals surface area (Å²) in [5.41, 5.74) is 0.269. The molecule has 2 N–H and O–H groups in total. The molecule has 1 heterocycles. The van der Waals surface area contributed by atoms with Crippen LogP contribution < -0.4 is 4.74 Å². The number of carboxylic acids is 1. The van der Waals surface area contributed by atoms with E-state index in [2.05, 4.69) is 0 Å². The maximum absolute atomic E-state index is 13.0. The van der Waals surface area contributed by atoms with Gasteiger partial charge in [0, 0.05) is 37.9 Å². The Morgan fingerprint density at radius 2 is 1.93 bits per heavy atom. The van der Waals surface area contributed by atoms with Crippen molar-refractivity contribution in [1.82, 2.24) is 9.80 Å². The Morgan fingerprint density at radius 3 is 2.56 bits per heavy atom. The third kappa shape index (κ3) is 5.83. The fraction of sp³-hybridized carbons (Fsp3) is 0.579. The number of aromatic hydroxyl groups is 1. The summed E-state index contributed by atoms with van der Waals surface area (Å²) in [6.45, 7) is 1.26. The first-order valence-corrected chi connectivity index (χ1v) is 8.96. The topological polar surface area (TPSA) is 99.5 Å². The van der Waals surface area contributed by atoms with E-state index >= 15 is 0 Å². The summed E-state index contributed by atoms with van der Waals surface area (Å²) in [6, 6.07) is 4.44. The summed E-state index contributed by atoms with van der Waals surface area (Å²) in [5.74, 6) is -1.53. The molecule has 1 aromatic carbocycles. The molecule has 0 spiro atoms. The Balaban J connectivity index is 2.23. The molecule has 0 radical (unpaired) electrons. The Hall–Kier alpha value is -2.32. The minimum atomic E-state index is -0.897. The SMILES string of the molecule is COCCOc1cc(O)cc(C(=O)N2C[C@@H](C(=O)O)CC[C@@H](N(C)C)C2)c1. The van der Waals surface area contributed by atoms with Gasteiger partial charge in [-0.2, -0.15) is 0 Å². The van der Waals surface area contributed by atoms with Crippen molar-refractivity contribution in [1.29, 1.82) is 0 Å². The summed E-state index contributed by atoms with van der Waals surface area (Å²) < 4.78 is 10.4. The number of phenolic OH excluding ortho intramolecular Hbond substituents is 1. The Kier molecular flexibility index (Phi) is 7.44. The van der Waals surface area contributed by atoms with Crippen LogP contribution in [0.15, 0.2) is 18.2 Å². The normalized spacial score (nSPS) is 20.4. The summed E-state index contributed by atoms with van der Waals surface area (Å²) in [4.78, 5) is 28.1. The van der Waals surface area contributed by atoms with E-state index in [4.69, 9.17) is 9.47 Å². The number of nitrogens with zero attached hydrogens (tertiary/aromatic N) is 2. The lowest BCUT2D eigenvalue weighted by Crippen LogP contribution is -2.43. The molecule has 8 heteroatoms. The molecule has 27 heavy (non-hydrogen) atoms. The van der Waals surface area contributed by atoms with E-state index < -0.39 is 11.9 Å². The number of likely N-dealkylation sites (N-methyl/N-ethyl adjacent to an activating group) is 1. The third-order valence-electron chi connectivity index (χ3n) is 4.78. The van der Waals surface area contributed by atoms with E-state index in [-0.39, 0.29) is 29.8 Å². The van der Waals surface area contributed by atoms with Crippen molar-refractivity contribution in [3.63, 3.8) is 0 Å². The van der Waals surface area contributed by atoms with Gasteiger partial charge >= 0.3 is 5.97 Å². The highest BCUT2D eigenvalue weighted by Crippen LogP contribution is 2.25. The number of rotatable bonds is 7. The van der Waals surface area contributed by atoms with E-state index in [9.17, 15) is 19.8 Å². The van der Waals surface area contributed by atoms with Gasteiger partial charge in [0.25, 0.3) is 5.91 Å². The number of aliphatic carboxylic acids is 1. The molecule has 2 atom stereocenters. The minimum Gasteiger partial charge on any atom is -0.508 e. The molecule has 1 aliphatic heterocycles. The maximum Gasteiger partial charge on any atom is 0.308 e. The van der Waals surface area contributed by atoms with Crippen LogP contribution in [0.3, 0.4) is 0 Å². The number of carboxylic acid groups (broad SMARTS) is 1. The van der Waals surface area contributed by atoms with Gasteiger partial charge in [0.15, 0.2) is 0 Å². The van der Waals surface area contributed by atoms with Crippen LogP contribution in [0, 0.1) is 5.92 Å². The number of phenols is 1. The van der Waals surface area contributed by atoms with E-state index in [0.717, 1.165) is 0 Å². The van der Waals surface area contributed by atoms with Gasteiger partial charge in [-0.25, -0.2) is 0 Å².